The second-order valence-corrected chi connectivity index (χ2v) is 11.0. The van der Waals surface area contributed by atoms with Gasteiger partial charge in [-0.15, -0.1) is 0 Å². The summed E-state index contributed by atoms with van der Waals surface area (Å²) in [5, 5.41) is 7.22. The summed E-state index contributed by atoms with van der Waals surface area (Å²) < 4.78 is 5.41. The number of amides is 2. The fraction of sp³-hybridized carbons (Fsp3) is 0.864. The molecule has 2 unspecified atom stereocenters. The molecule has 2 fully saturated rings. The lowest BCUT2D eigenvalue weighted by molar-refractivity contribution is -0.122. The Bertz CT molecular complexity index is 626. The number of nitrogens with zero attached hydrogens (tertiary/aromatic N) is 2. The maximum absolute atomic E-state index is 12.7. The Morgan fingerprint density at radius 1 is 1.33 bits per heavy atom. The summed E-state index contributed by atoms with van der Waals surface area (Å²) in [6.07, 6.45) is 8.51. The number of aliphatic imine (C=N–C) groups is 1. The van der Waals surface area contributed by atoms with Crippen LogP contribution in [-0.4, -0.2) is 58.2 Å². The standard InChI is InChI=1S/C22H40N4O3S/c1-7-16(14-15-26(6)20(28)29-21(2,3)4)25-22(5)18(27)24-19(30-22)23-17-12-10-8-9-11-13-17/h16-17,25H,7-15H2,1-6H3,(H,23,24,27). The van der Waals surface area contributed by atoms with Crippen molar-refractivity contribution in [2.75, 3.05) is 13.6 Å². The molecule has 2 N–H and O–H groups in total. The predicted molar refractivity (Wildman–Crippen MR) is 124 cm³/mol. The van der Waals surface area contributed by atoms with Crippen LogP contribution in [0, 0.1) is 0 Å². The number of ether oxygens (including phenoxy) is 1. The maximum atomic E-state index is 12.7. The van der Waals surface area contributed by atoms with Crippen LogP contribution >= 0.6 is 11.8 Å². The van der Waals surface area contributed by atoms with Crippen LogP contribution < -0.4 is 10.6 Å². The van der Waals surface area contributed by atoms with Gasteiger partial charge in [-0.3, -0.25) is 15.1 Å². The van der Waals surface area contributed by atoms with Gasteiger partial charge >= 0.3 is 6.09 Å². The largest absolute Gasteiger partial charge is 0.444 e. The van der Waals surface area contributed by atoms with Gasteiger partial charge in [0.2, 0.25) is 0 Å². The topological polar surface area (TPSA) is 83.0 Å². The zero-order valence-electron chi connectivity index (χ0n) is 19.5. The van der Waals surface area contributed by atoms with Gasteiger partial charge in [-0.2, -0.15) is 0 Å². The van der Waals surface area contributed by atoms with Crippen LogP contribution in [0.15, 0.2) is 4.99 Å². The minimum Gasteiger partial charge on any atom is -0.444 e. The van der Waals surface area contributed by atoms with Crippen LogP contribution in [0.2, 0.25) is 0 Å². The minimum absolute atomic E-state index is 0.0428. The average Bonchev–Trinajstić information content (AvgIpc) is 2.81. The zero-order valence-corrected chi connectivity index (χ0v) is 20.4. The van der Waals surface area contributed by atoms with E-state index in [1.807, 2.05) is 27.7 Å². The monoisotopic (exact) mass is 440 g/mol. The second-order valence-electron chi connectivity index (χ2n) is 9.61. The third-order valence-corrected chi connectivity index (χ3v) is 6.68. The molecule has 7 nitrogen and oxygen atoms in total. The number of hydrogen-bond acceptors (Lipinski definition) is 6. The summed E-state index contributed by atoms with van der Waals surface area (Å²) in [6, 6.07) is 0.428. The number of thioether (sulfide) groups is 1. The van der Waals surface area contributed by atoms with Crippen LogP contribution in [0.1, 0.15) is 86.0 Å². The van der Waals surface area contributed by atoms with Crippen molar-refractivity contribution in [3.05, 3.63) is 0 Å². The van der Waals surface area contributed by atoms with E-state index in [0.29, 0.717) is 12.6 Å². The fourth-order valence-corrected chi connectivity index (χ4v) is 4.84. The summed E-state index contributed by atoms with van der Waals surface area (Å²) in [6.45, 7) is 10.2. The molecule has 1 aliphatic carbocycles. The van der Waals surface area contributed by atoms with E-state index >= 15 is 0 Å². The molecule has 0 aromatic carbocycles. The molecular formula is C22H40N4O3S. The first-order chi connectivity index (χ1) is 14.0. The van der Waals surface area contributed by atoms with E-state index in [9.17, 15) is 9.59 Å². The van der Waals surface area contributed by atoms with Gasteiger partial charge in [0.1, 0.15) is 10.5 Å². The maximum Gasteiger partial charge on any atom is 0.410 e. The zero-order chi connectivity index (χ0) is 22.4. The van der Waals surface area contributed by atoms with Crippen molar-refractivity contribution in [2.24, 2.45) is 4.99 Å². The van der Waals surface area contributed by atoms with Gasteiger partial charge in [0.15, 0.2) is 5.17 Å². The first-order valence-electron chi connectivity index (χ1n) is 11.3. The Hall–Kier alpha value is -1.28. The summed E-state index contributed by atoms with van der Waals surface area (Å²) in [7, 11) is 1.75. The van der Waals surface area contributed by atoms with E-state index in [-0.39, 0.29) is 18.0 Å². The van der Waals surface area contributed by atoms with Crippen molar-refractivity contribution in [3.63, 3.8) is 0 Å². The van der Waals surface area contributed by atoms with Crippen molar-refractivity contribution in [1.82, 2.24) is 15.5 Å². The molecule has 2 rings (SSSR count). The Morgan fingerprint density at radius 2 is 1.97 bits per heavy atom. The number of carbonyl (C=O) groups is 2. The summed E-state index contributed by atoms with van der Waals surface area (Å²) in [4.78, 5) is 30.6. The molecule has 0 spiro atoms. The van der Waals surface area contributed by atoms with Crippen LogP contribution in [0.25, 0.3) is 0 Å². The lowest BCUT2D eigenvalue weighted by Gasteiger charge is -2.29. The third kappa shape index (κ3) is 7.76. The molecule has 1 saturated carbocycles. The number of nitrogens with one attached hydrogen (secondary N) is 2. The van der Waals surface area contributed by atoms with E-state index in [0.717, 1.165) is 30.9 Å². The van der Waals surface area contributed by atoms with E-state index in [1.54, 1.807) is 11.9 Å². The molecule has 2 aliphatic rings. The molecule has 0 aromatic heterocycles. The quantitative estimate of drug-likeness (QED) is 0.578. The van der Waals surface area contributed by atoms with Crippen molar-refractivity contribution in [1.29, 1.82) is 0 Å². The number of carbonyl (C=O) groups excluding carboxylic acids is 2. The van der Waals surface area contributed by atoms with Gasteiger partial charge in [-0.1, -0.05) is 44.4 Å². The molecule has 1 heterocycles. The molecule has 0 bridgehead atoms. The van der Waals surface area contributed by atoms with Gasteiger partial charge in [0.05, 0.1) is 6.04 Å². The lowest BCUT2D eigenvalue weighted by Crippen LogP contribution is -2.51. The third-order valence-electron chi connectivity index (χ3n) is 5.57. The highest BCUT2D eigenvalue weighted by Gasteiger charge is 2.43. The average molecular weight is 441 g/mol. The molecule has 30 heavy (non-hydrogen) atoms. The second kappa shape index (κ2) is 10.8. The van der Waals surface area contributed by atoms with Crippen molar-refractivity contribution < 1.29 is 14.3 Å². The Balaban J connectivity index is 1.90. The highest BCUT2D eigenvalue weighted by molar-refractivity contribution is 8.16. The first-order valence-corrected chi connectivity index (χ1v) is 12.1. The molecule has 1 saturated heterocycles. The summed E-state index contributed by atoms with van der Waals surface area (Å²) >= 11 is 1.49. The van der Waals surface area contributed by atoms with Crippen LogP contribution in [0.4, 0.5) is 4.79 Å². The van der Waals surface area contributed by atoms with Gasteiger partial charge in [-0.25, -0.2) is 4.79 Å². The van der Waals surface area contributed by atoms with E-state index < -0.39 is 10.5 Å². The normalized spacial score (nSPS) is 25.7. The molecule has 2 amide bonds. The van der Waals surface area contributed by atoms with Gasteiger partial charge < -0.3 is 15.0 Å². The van der Waals surface area contributed by atoms with Crippen LogP contribution in [-0.2, 0) is 9.53 Å². The highest BCUT2D eigenvalue weighted by Crippen LogP contribution is 2.31. The SMILES string of the molecule is CCC(CCN(C)C(=O)OC(C)(C)C)NC1(C)SC(=NC2CCCCCC2)NC1=O. The van der Waals surface area contributed by atoms with Gasteiger partial charge in [-0.05, 0) is 53.4 Å². The Kier molecular flexibility index (Phi) is 9.03. The molecular weight excluding hydrogens is 400 g/mol. The van der Waals surface area contributed by atoms with Crippen LogP contribution in [0.3, 0.4) is 0 Å². The summed E-state index contributed by atoms with van der Waals surface area (Å²) in [5.41, 5.74) is -0.507. The number of rotatable bonds is 7. The Morgan fingerprint density at radius 3 is 2.53 bits per heavy atom. The van der Waals surface area contributed by atoms with E-state index in [2.05, 4.69) is 17.6 Å². The molecule has 2 atom stereocenters. The van der Waals surface area contributed by atoms with E-state index in [1.165, 1.54) is 37.4 Å². The van der Waals surface area contributed by atoms with Crippen molar-refractivity contribution >= 4 is 28.9 Å². The lowest BCUT2D eigenvalue weighted by atomic mass is 10.1. The Labute approximate surface area is 186 Å². The molecule has 0 aromatic rings. The minimum atomic E-state index is -0.741. The predicted octanol–water partition coefficient (Wildman–Crippen LogP) is 4.27. The molecule has 1 aliphatic heterocycles. The summed E-state index contributed by atoms with van der Waals surface area (Å²) in [5.74, 6) is -0.0428. The molecule has 172 valence electrons. The smallest absolute Gasteiger partial charge is 0.410 e. The van der Waals surface area contributed by atoms with Crippen molar-refractivity contribution in [3.8, 4) is 0 Å². The van der Waals surface area contributed by atoms with Gasteiger partial charge in [0, 0.05) is 19.6 Å². The fourth-order valence-electron chi connectivity index (χ4n) is 3.74. The van der Waals surface area contributed by atoms with Gasteiger partial charge in [0.25, 0.3) is 5.91 Å². The van der Waals surface area contributed by atoms with E-state index in [4.69, 9.17) is 9.73 Å². The van der Waals surface area contributed by atoms with Crippen molar-refractivity contribution in [2.45, 2.75) is 109 Å². The number of amidine groups is 1. The first kappa shape index (κ1) is 25.0. The number of hydrogen-bond donors (Lipinski definition) is 2. The highest BCUT2D eigenvalue weighted by atomic mass is 32.2. The molecule has 0 radical (unpaired) electrons. The van der Waals surface area contributed by atoms with Crippen LogP contribution in [0.5, 0.6) is 0 Å². The molecule has 8 heteroatoms.